The zero-order chi connectivity index (χ0) is 22.0. The maximum Gasteiger partial charge on any atom is 0.254 e. The molecule has 0 aliphatic rings. The number of hydrogen-bond donors (Lipinski definition) is 1. The van der Waals surface area contributed by atoms with Crippen LogP contribution in [0.4, 0.5) is 4.39 Å². The maximum absolute atomic E-state index is 13.7. The van der Waals surface area contributed by atoms with Crippen LogP contribution in [0.3, 0.4) is 0 Å². The molecule has 0 saturated heterocycles. The Morgan fingerprint density at radius 2 is 2.03 bits per heavy atom. The lowest BCUT2D eigenvalue weighted by Gasteiger charge is -2.26. The Bertz CT molecular complexity index is 1240. The number of pyridine rings is 1. The molecule has 2 heterocycles. The van der Waals surface area contributed by atoms with E-state index >= 15 is 0 Å². The topological polar surface area (TPSA) is 71.1 Å². The molecule has 0 spiro atoms. The van der Waals surface area contributed by atoms with Crippen molar-refractivity contribution < 1.29 is 13.9 Å². The van der Waals surface area contributed by atoms with Gasteiger partial charge in [0.1, 0.15) is 11.6 Å². The number of rotatable bonds is 6. The second-order valence-corrected chi connectivity index (χ2v) is 7.31. The number of ether oxygens (including phenoxy) is 1. The van der Waals surface area contributed by atoms with Gasteiger partial charge in [0, 0.05) is 41.5 Å². The highest BCUT2D eigenvalue weighted by Gasteiger charge is 2.22. The normalized spacial score (nSPS) is 12.0. The summed E-state index contributed by atoms with van der Waals surface area (Å²) in [5.74, 6) is 0.0587. The Morgan fingerprint density at radius 1 is 1.19 bits per heavy atom. The molecule has 2 aromatic carbocycles. The minimum atomic E-state index is -0.324. The largest absolute Gasteiger partial charge is 0.493 e. The average Bonchev–Trinajstić information content (AvgIpc) is 3.27. The third-order valence-electron chi connectivity index (χ3n) is 5.40. The molecule has 1 N–H and O–H groups in total. The monoisotopic (exact) mass is 418 g/mol. The predicted molar refractivity (Wildman–Crippen MR) is 117 cm³/mol. The third-order valence-corrected chi connectivity index (χ3v) is 5.40. The summed E-state index contributed by atoms with van der Waals surface area (Å²) >= 11 is 0. The summed E-state index contributed by atoms with van der Waals surface area (Å²) in [6.07, 6.45) is 5.18. The molecule has 4 rings (SSSR count). The van der Waals surface area contributed by atoms with Crippen LogP contribution in [0.1, 0.15) is 35.8 Å². The summed E-state index contributed by atoms with van der Waals surface area (Å²) < 4.78 is 19.5. The van der Waals surface area contributed by atoms with Crippen LogP contribution in [0.15, 0.2) is 61.1 Å². The Hall–Kier alpha value is -3.74. The van der Waals surface area contributed by atoms with Crippen LogP contribution in [0.2, 0.25) is 0 Å². The van der Waals surface area contributed by atoms with Gasteiger partial charge in [-0.15, -0.1) is 0 Å². The van der Waals surface area contributed by atoms with Gasteiger partial charge in [-0.25, -0.2) is 4.39 Å². The molecule has 0 unspecified atom stereocenters. The van der Waals surface area contributed by atoms with Crippen molar-refractivity contribution >= 4 is 16.8 Å². The molecule has 4 aromatic rings. The summed E-state index contributed by atoms with van der Waals surface area (Å²) in [4.78, 5) is 19.2. The highest BCUT2D eigenvalue weighted by Crippen LogP contribution is 2.33. The highest BCUT2D eigenvalue weighted by atomic mass is 19.1. The molecule has 2 aromatic heterocycles. The number of hydrogen-bond acceptors (Lipinski definition) is 4. The Morgan fingerprint density at radius 3 is 2.81 bits per heavy atom. The highest BCUT2D eigenvalue weighted by molar-refractivity contribution is 5.96. The summed E-state index contributed by atoms with van der Waals surface area (Å²) in [6, 6.07) is 11.3. The van der Waals surface area contributed by atoms with Crippen LogP contribution in [-0.2, 0) is 0 Å². The number of halogens is 1. The van der Waals surface area contributed by atoms with Gasteiger partial charge >= 0.3 is 0 Å². The zero-order valence-electron chi connectivity index (χ0n) is 17.6. The van der Waals surface area contributed by atoms with Crippen molar-refractivity contribution in [2.75, 3.05) is 13.7 Å². The van der Waals surface area contributed by atoms with E-state index in [1.54, 1.807) is 54.8 Å². The molecule has 0 fully saturated rings. The Balaban J connectivity index is 1.66. The lowest BCUT2D eigenvalue weighted by atomic mass is 10.0. The molecule has 0 aliphatic heterocycles. The number of fused-ring (bicyclic) bond motifs is 1. The number of carbonyl (C=O) groups is 1. The van der Waals surface area contributed by atoms with Crippen molar-refractivity contribution in [2.45, 2.75) is 19.9 Å². The number of aromatic amines is 1. The standard InChI is InChI=1S/C24H23FN4O2/c1-4-31-22-11-17(8-9-20(22)16-6-5-7-19(25)10-16)24(30)29(3)15(2)21-14-26-12-18-13-27-28-23(18)21/h5-15H,4H2,1-3H3,(H,27,28)/t15-/m1/s1. The SMILES string of the molecule is CCOc1cc(C(=O)N(C)[C@H](C)c2cncc3cn[nH]c23)ccc1-c1cccc(F)c1. The Kier molecular flexibility index (Phi) is 5.66. The molecule has 7 heteroatoms. The molecular formula is C24H23FN4O2. The van der Waals surface area contributed by atoms with E-state index in [0.29, 0.717) is 23.5 Å². The van der Waals surface area contributed by atoms with Crippen molar-refractivity contribution in [3.05, 3.63) is 78.0 Å². The predicted octanol–water partition coefficient (Wildman–Crippen LogP) is 5.00. The van der Waals surface area contributed by atoms with Crippen molar-refractivity contribution in [3.8, 4) is 16.9 Å². The molecule has 6 nitrogen and oxygen atoms in total. The summed E-state index contributed by atoms with van der Waals surface area (Å²) in [7, 11) is 1.75. The minimum absolute atomic E-state index is 0.157. The first-order chi connectivity index (χ1) is 15.0. The summed E-state index contributed by atoms with van der Waals surface area (Å²) in [6.45, 7) is 4.25. The molecule has 0 radical (unpaired) electrons. The second kappa shape index (κ2) is 8.55. The van der Waals surface area contributed by atoms with Crippen LogP contribution in [0, 0.1) is 5.82 Å². The average molecular weight is 418 g/mol. The fraction of sp³-hybridized carbons (Fsp3) is 0.208. The summed E-state index contributed by atoms with van der Waals surface area (Å²) in [5.41, 5.74) is 3.66. The lowest BCUT2D eigenvalue weighted by molar-refractivity contribution is 0.0743. The van der Waals surface area contributed by atoms with Gasteiger partial charge in [0.25, 0.3) is 5.91 Å². The van der Waals surface area contributed by atoms with Crippen LogP contribution in [-0.4, -0.2) is 39.6 Å². The molecule has 1 amide bonds. The van der Waals surface area contributed by atoms with E-state index in [1.165, 1.54) is 12.1 Å². The molecule has 158 valence electrons. The van der Waals surface area contributed by atoms with Gasteiger partial charge in [-0.2, -0.15) is 5.10 Å². The first kappa shape index (κ1) is 20.5. The zero-order valence-corrected chi connectivity index (χ0v) is 17.6. The van der Waals surface area contributed by atoms with Gasteiger partial charge in [-0.05, 0) is 49.7 Å². The number of carbonyl (C=O) groups excluding carboxylic acids is 1. The van der Waals surface area contributed by atoms with E-state index in [9.17, 15) is 9.18 Å². The van der Waals surface area contributed by atoms with E-state index in [4.69, 9.17) is 4.74 Å². The number of nitrogens with zero attached hydrogens (tertiary/aromatic N) is 3. The fourth-order valence-electron chi connectivity index (χ4n) is 3.62. The molecule has 0 bridgehead atoms. The fourth-order valence-corrected chi connectivity index (χ4v) is 3.62. The lowest BCUT2D eigenvalue weighted by Crippen LogP contribution is -2.30. The summed E-state index contributed by atoms with van der Waals surface area (Å²) in [5, 5.41) is 7.94. The van der Waals surface area contributed by atoms with Crippen molar-refractivity contribution in [1.29, 1.82) is 0 Å². The molecule has 0 aliphatic carbocycles. The van der Waals surface area contributed by atoms with Crippen molar-refractivity contribution in [1.82, 2.24) is 20.1 Å². The minimum Gasteiger partial charge on any atom is -0.493 e. The third kappa shape index (κ3) is 3.99. The second-order valence-electron chi connectivity index (χ2n) is 7.31. The Labute approximate surface area is 179 Å². The van der Waals surface area contributed by atoms with Gasteiger partial charge < -0.3 is 9.64 Å². The van der Waals surface area contributed by atoms with E-state index in [2.05, 4.69) is 15.2 Å². The number of nitrogens with one attached hydrogen (secondary N) is 1. The maximum atomic E-state index is 13.7. The molecule has 1 atom stereocenters. The molecular weight excluding hydrogens is 395 g/mol. The number of aromatic nitrogens is 3. The first-order valence-electron chi connectivity index (χ1n) is 10.1. The van der Waals surface area contributed by atoms with Gasteiger partial charge in [0.15, 0.2) is 0 Å². The number of benzene rings is 2. The van der Waals surface area contributed by atoms with E-state index in [1.807, 2.05) is 19.9 Å². The van der Waals surface area contributed by atoms with E-state index < -0.39 is 0 Å². The quantitative estimate of drug-likeness (QED) is 0.479. The number of H-pyrrole nitrogens is 1. The van der Waals surface area contributed by atoms with Gasteiger partial charge in [0.2, 0.25) is 0 Å². The van der Waals surface area contributed by atoms with Crippen LogP contribution < -0.4 is 4.74 Å². The van der Waals surface area contributed by atoms with Gasteiger partial charge in [-0.1, -0.05) is 12.1 Å². The van der Waals surface area contributed by atoms with Crippen LogP contribution in [0.25, 0.3) is 22.0 Å². The first-order valence-corrected chi connectivity index (χ1v) is 10.1. The van der Waals surface area contributed by atoms with Crippen molar-refractivity contribution in [3.63, 3.8) is 0 Å². The van der Waals surface area contributed by atoms with E-state index in [0.717, 1.165) is 22.0 Å². The molecule has 0 saturated carbocycles. The molecule has 31 heavy (non-hydrogen) atoms. The van der Waals surface area contributed by atoms with Crippen LogP contribution in [0.5, 0.6) is 5.75 Å². The van der Waals surface area contributed by atoms with Gasteiger partial charge in [-0.3, -0.25) is 14.9 Å². The van der Waals surface area contributed by atoms with Crippen molar-refractivity contribution in [2.24, 2.45) is 0 Å². The van der Waals surface area contributed by atoms with Crippen LogP contribution >= 0.6 is 0 Å². The number of amides is 1. The van der Waals surface area contributed by atoms with E-state index in [-0.39, 0.29) is 17.8 Å². The van der Waals surface area contributed by atoms with Gasteiger partial charge in [0.05, 0.1) is 24.4 Å². The smallest absolute Gasteiger partial charge is 0.254 e.